The first-order valence-corrected chi connectivity index (χ1v) is 8.14. The first kappa shape index (κ1) is 19.5. The number of aromatic carboxylic acids is 1. The van der Waals surface area contributed by atoms with Gasteiger partial charge in [-0.05, 0) is 24.3 Å². The molecule has 0 unspecified atom stereocenters. The standard InChI is InChI=1S/C11H24.C7H6O3/c1-3-5-7-9-11-10-8-6-4-2;8-6-3-1-5(2-4-6)7(9)10/h3-11H2,1-2H3;1-4,8H,(H,9,10). The number of benzene rings is 1. The molecule has 0 aliphatic rings. The summed E-state index contributed by atoms with van der Waals surface area (Å²) < 4.78 is 0. The number of unbranched alkanes of at least 4 members (excludes halogenated alkanes) is 8. The summed E-state index contributed by atoms with van der Waals surface area (Å²) in [5, 5.41) is 17.1. The zero-order chi connectivity index (χ0) is 15.9. The molecule has 0 atom stereocenters. The lowest BCUT2D eigenvalue weighted by atomic mass is 10.1. The predicted octanol–water partition coefficient (Wildman–Crippen LogP) is 5.63. The van der Waals surface area contributed by atoms with Crippen LogP contribution in [0.15, 0.2) is 24.3 Å². The highest BCUT2D eigenvalue weighted by Crippen LogP contribution is 2.09. The highest BCUT2D eigenvalue weighted by molar-refractivity contribution is 5.87. The third-order valence-corrected chi connectivity index (χ3v) is 3.32. The van der Waals surface area contributed by atoms with Crippen LogP contribution in [0, 0.1) is 0 Å². The number of phenolic OH excluding ortho intramolecular Hbond substituents is 1. The molecule has 0 bridgehead atoms. The van der Waals surface area contributed by atoms with Gasteiger partial charge in [0.15, 0.2) is 0 Å². The van der Waals surface area contributed by atoms with Gasteiger partial charge in [0.2, 0.25) is 0 Å². The zero-order valence-electron chi connectivity index (χ0n) is 13.5. The van der Waals surface area contributed by atoms with E-state index < -0.39 is 5.97 Å². The van der Waals surface area contributed by atoms with E-state index in [1.54, 1.807) is 0 Å². The van der Waals surface area contributed by atoms with Crippen LogP contribution < -0.4 is 0 Å². The Kier molecular flexibility index (Phi) is 12.5. The van der Waals surface area contributed by atoms with Crippen LogP contribution in [-0.2, 0) is 0 Å². The van der Waals surface area contributed by atoms with Crippen molar-refractivity contribution in [2.45, 2.75) is 71.6 Å². The van der Waals surface area contributed by atoms with Gasteiger partial charge in [-0.2, -0.15) is 0 Å². The Morgan fingerprint density at radius 2 is 1.19 bits per heavy atom. The Morgan fingerprint density at radius 3 is 1.52 bits per heavy atom. The smallest absolute Gasteiger partial charge is 0.335 e. The number of hydrogen-bond acceptors (Lipinski definition) is 2. The van der Waals surface area contributed by atoms with Crippen LogP contribution in [0.5, 0.6) is 5.75 Å². The molecule has 3 nitrogen and oxygen atoms in total. The summed E-state index contributed by atoms with van der Waals surface area (Å²) in [6.45, 7) is 4.55. The molecular formula is C18H30O3. The Balaban J connectivity index is 0.000000382. The van der Waals surface area contributed by atoms with Gasteiger partial charge >= 0.3 is 5.97 Å². The van der Waals surface area contributed by atoms with Crippen LogP contribution in [0.25, 0.3) is 0 Å². The van der Waals surface area contributed by atoms with E-state index in [1.165, 1.54) is 82.1 Å². The second kappa shape index (κ2) is 13.5. The van der Waals surface area contributed by atoms with Crippen LogP contribution in [0.1, 0.15) is 82.0 Å². The van der Waals surface area contributed by atoms with Crippen molar-refractivity contribution in [3.8, 4) is 5.75 Å². The minimum Gasteiger partial charge on any atom is -0.508 e. The molecule has 0 aromatic heterocycles. The minimum absolute atomic E-state index is 0.0741. The Bertz CT molecular complexity index is 349. The molecule has 21 heavy (non-hydrogen) atoms. The van der Waals surface area contributed by atoms with E-state index in [9.17, 15) is 4.79 Å². The summed E-state index contributed by atoms with van der Waals surface area (Å²) >= 11 is 0. The maximum atomic E-state index is 10.2. The average Bonchev–Trinajstić information content (AvgIpc) is 2.47. The van der Waals surface area contributed by atoms with Crippen molar-refractivity contribution in [1.82, 2.24) is 0 Å². The van der Waals surface area contributed by atoms with Crippen molar-refractivity contribution in [2.24, 2.45) is 0 Å². The third-order valence-electron chi connectivity index (χ3n) is 3.32. The third kappa shape index (κ3) is 12.0. The molecule has 1 aromatic carbocycles. The van der Waals surface area contributed by atoms with Crippen molar-refractivity contribution in [3.63, 3.8) is 0 Å². The zero-order valence-corrected chi connectivity index (χ0v) is 13.5. The van der Waals surface area contributed by atoms with E-state index >= 15 is 0 Å². The topological polar surface area (TPSA) is 57.5 Å². The highest BCUT2D eigenvalue weighted by atomic mass is 16.4. The number of phenols is 1. The highest BCUT2D eigenvalue weighted by Gasteiger charge is 1.99. The Hall–Kier alpha value is -1.51. The largest absolute Gasteiger partial charge is 0.508 e. The van der Waals surface area contributed by atoms with Crippen molar-refractivity contribution in [2.75, 3.05) is 0 Å². The van der Waals surface area contributed by atoms with Gasteiger partial charge in [0.05, 0.1) is 5.56 Å². The molecule has 0 radical (unpaired) electrons. The molecule has 0 spiro atoms. The fourth-order valence-electron chi connectivity index (χ4n) is 1.99. The molecule has 2 N–H and O–H groups in total. The molecule has 1 rings (SSSR count). The van der Waals surface area contributed by atoms with Crippen molar-refractivity contribution >= 4 is 5.97 Å². The van der Waals surface area contributed by atoms with E-state index in [1.807, 2.05) is 0 Å². The van der Waals surface area contributed by atoms with Crippen LogP contribution in [-0.4, -0.2) is 16.2 Å². The van der Waals surface area contributed by atoms with Crippen molar-refractivity contribution < 1.29 is 15.0 Å². The average molecular weight is 294 g/mol. The van der Waals surface area contributed by atoms with Crippen LogP contribution >= 0.6 is 0 Å². The van der Waals surface area contributed by atoms with Gasteiger partial charge in [-0.15, -0.1) is 0 Å². The number of carboxylic acid groups (broad SMARTS) is 1. The molecule has 0 aliphatic carbocycles. The number of hydrogen-bond donors (Lipinski definition) is 2. The Labute approximate surface area is 129 Å². The number of aromatic hydroxyl groups is 1. The van der Waals surface area contributed by atoms with Gasteiger partial charge in [0, 0.05) is 0 Å². The van der Waals surface area contributed by atoms with E-state index in [4.69, 9.17) is 10.2 Å². The second-order valence-corrected chi connectivity index (χ2v) is 5.33. The Morgan fingerprint density at radius 1 is 0.810 bits per heavy atom. The lowest BCUT2D eigenvalue weighted by Crippen LogP contribution is -1.93. The van der Waals surface area contributed by atoms with E-state index in [2.05, 4.69) is 13.8 Å². The summed E-state index contributed by atoms with van der Waals surface area (Å²) in [4.78, 5) is 10.2. The SMILES string of the molecule is CCCCCCCCCCC.O=C(O)c1ccc(O)cc1. The molecule has 0 heterocycles. The lowest BCUT2D eigenvalue weighted by Gasteiger charge is -1.98. The van der Waals surface area contributed by atoms with Crippen LogP contribution in [0.3, 0.4) is 0 Å². The van der Waals surface area contributed by atoms with Gasteiger partial charge in [-0.1, -0.05) is 71.6 Å². The van der Waals surface area contributed by atoms with Gasteiger partial charge < -0.3 is 10.2 Å². The van der Waals surface area contributed by atoms with Crippen LogP contribution in [0.4, 0.5) is 0 Å². The molecule has 0 saturated carbocycles. The number of rotatable bonds is 9. The number of carbonyl (C=O) groups is 1. The molecule has 0 aliphatic heterocycles. The van der Waals surface area contributed by atoms with Crippen molar-refractivity contribution in [1.29, 1.82) is 0 Å². The van der Waals surface area contributed by atoms with Crippen molar-refractivity contribution in [3.05, 3.63) is 29.8 Å². The monoisotopic (exact) mass is 294 g/mol. The molecule has 0 fully saturated rings. The first-order chi connectivity index (χ1) is 10.1. The lowest BCUT2D eigenvalue weighted by molar-refractivity contribution is 0.0697. The van der Waals surface area contributed by atoms with Gasteiger partial charge in [-0.25, -0.2) is 4.79 Å². The van der Waals surface area contributed by atoms with Gasteiger partial charge in [-0.3, -0.25) is 0 Å². The molecule has 120 valence electrons. The molecule has 3 heteroatoms. The number of carboxylic acids is 1. The first-order valence-electron chi connectivity index (χ1n) is 8.14. The van der Waals surface area contributed by atoms with Gasteiger partial charge in [0.25, 0.3) is 0 Å². The second-order valence-electron chi connectivity index (χ2n) is 5.33. The maximum Gasteiger partial charge on any atom is 0.335 e. The normalized spacial score (nSPS) is 9.81. The fourth-order valence-corrected chi connectivity index (χ4v) is 1.99. The summed E-state index contributed by atoms with van der Waals surface area (Å²) in [6, 6.07) is 5.36. The maximum absolute atomic E-state index is 10.2. The van der Waals surface area contributed by atoms with E-state index in [-0.39, 0.29) is 11.3 Å². The molecular weight excluding hydrogens is 264 g/mol. The minimum atomic E-state index is -0.986. The summed E-state index contributed by atoms with van der Waals surface area (Å²) in [7, 11) is 0. The predicted molar refractivity (Wildman–Crippen MR) is 88.0 cm³/mol. The quantitative estimate of drug-likeness (QED) is 0.580. The molecule has 0 amide bonds. The van der Waals surface area contributed by atoms with E-state index in [0.29, 0.717) is 0 Å². The molecule has 0 saturated heterocycles. The summed E-state index contributed by atoms with van der Waals surface area (Å²) in [5.41, 5.74) is 0.179. The van der Waals surface area contributed by atoms with E-state index in [0.717, 1.165) is 0 Å². The van der Waals surface area contributed by atoms with Gasteiger partial charge in [0.1, 0.15) is 5.75 Å². The summed E-state index contributed by atoms with van der Waals surface area (Å²) in [6.07, 6.45) is 13.0. The summed E-state index contributed by atoms with van der Waals surface area (Å²) in [5.74, 6) is -0.912. The fraction of sp³-hybridized carbons (Fsp3) is 0.611. The molecule has 1 aromatic rings. The van der Waals surface area contributed by atoms with Crippen LogP contribution in [0.2, 0.25) is 0 Å².